The summed E-state index contributed by atoms with van der Waals surface area (Å²) < 4.78 is 4.93. The van der Waals surface area contributed by atoms with Crippen LogP contribution in [0.15, 0.2) is 18.2 Å². The summed E-state index contributed by atoms with van der Waals surface area (Å²) in [7, 11) is 1.35. The van der Waals surface area contributed by atoms with E-state index < -0.39 is 10.9 Å². The number of esters is 1. The molecule has 10 heteroatoms. The minimum Gasteiger partial charge on any atom is -0.465 e. The first-order valence-corrected chi connectivity index (χ1v) is 9.75. The minimum absolute atomic E-state index is 0.0448. The maximum Gasteiger partial charge on any atom is 0.341 e. The predicted molar refractivity (Wildman–Crippen MR) is 110 cm³/mol. The average molecular weight is 426 g/mol. The molecule has 1 aliphatic carbocycles. The number of halogens is 1. The lowest BCUT2D eigenvalue weighted by atomic mass is 9.95. The van der Waals surface area contributed by atoms with Crippen molar-refractivity contribution in [2.45, 2.75) is 25.7 Å². The summed E-state index contributed by atoms with van der Waals surface area (Å²) in [6.07, 6.45) is 3.88. The molecule has 0 unspecified atom stereocenters. The van der Waals surface area contributed by atoms with Crippen LogP contribution in [0.2, 0.25) is 5.02 Å². The second-order valence-corrected chi connectivity index (χ2v) is 7.83. The molecule has 142 valence electrons. The van der Waals surface area contributed by atoms with Gasteiger partial charge in [0.25, 0.3) is 5.69 Å². The van der Waals surface area contributed by atoms with Crippen LogP contribution in [-0.2, 0) is 17.6 Å². The van der Waals surface area contributed by atoms with Crippen molar-refractivity contribution >= 4 is 62.6 Å². The summed E-state index contributed by atoms with van der Waals surface area (Å²) in [6, 6.07) is 4.31. The fraction of sp³-hybridized carbons (Fsp3) is 0.294. The topological polar surface area (TPSA) is 93.5 Å². The largest absolute Gasteiger partial charge is 0.465 e. The first-order chi connectivity index (χ1) is 12.9. The van der Waals surface area contributed by atoms with Gasteiger partial charge in [0.15, 0.2) is 5.11 Å². The van der Waals surface area contributed by atoms with Crippen molar-refractivity contribution in [2.75, 3.05) is 17.7 Å². The number of nitrogens with zero attached hydrogens (tertiary/aromatic N) is 1. The molecule has 0 bridgehead atoms. The van der Waals surface area contributed by atoms with Crippen molar-refractivity contribution in [2.24, 2.45) is 0 Å². The van der Waals surface area contributed by atoms with Gasteiger partial charge < -0.3 is 15.4 Å². The third-order valence-electron chi connectivity index (χ3n) is 4.19. The summed E-state index contributed by atoms with van der Waals surface area (Å²) in [5.74, 6) is -0.401. The Morgan fingerprint density at radius 3 is 2.78 bits per heavy atom. The number of ether oxygens (including phenoxy) is 1. The highest BCUT2D eigenvalue weighted by Gasteiger charge is 2.26. The molecule has 1 heterocycles. The van der Waals surface area contributed by atoms with Gasteiger partial charge in [-0.3, -0.25) is 10.1 Å². The molecule has 0 atom stereocenters. The van der Waals surface area contributed by atoms with Gasteiger partial charge in [-0.15, -0.1) is 11.3 Å². The molecule has 1 aliphatic rings. The number of hydrogen-bond donors (Lipinski definition) is 2. The highest BCUT2D eigenvalue weighted by Crippen LogP contribution is 2.38. The molecule has 1 aromatic carbocycles. The zero-order valence-electron chi connectivity index (χ0n) is 14.3. The van der Waals surface area contributed by atoms with E-state index in [9.17, 15) is 14.9 Å². The monoisotopic (exact) mass is 425 g/mol. The normalized spacial score (nSPS) is 12.8. The molecule has 0 spiro atoms. The third kappa shape index (κ3) is 4.20. The number of thiocarbonyl (C=S) groups is 1. The van der Waals surface area contributed by atoms with Crippen molar-refractivity contribution in [3.8, 4) is 0 Å². The third-order valence-corrected chi connectivity index (χ3v) is 5.92. The first kappa shape index (κ1) is 19.5. The van der Waals surface area contributed by atoms with Crippen molar-refractivity contribution in [1.82, 2.24) is 0 Å². The standard InChI is InChI=1S/C17H16ClN3O4S2/c1-25-16(22)14-10-4-2-3-5-13(10)27-15(14)20-17(26)19-9-6-7-11(18)12(8-9)21(23)24/h6-8H,2-5H2,1H3,(H2,19,20,26). The van der Waals surface area contributed by atoms with E-state index in [1.165, 1.54) is 30.6 Å². The number of thiophene rings is 1. The van der Waals surface area contributed by atoms with Gasteiger partial charge in [0, 0.05) is 16.6 Å². The minimum atomic E-state index is -0.563. The van der Waals surface area contributed by atoms with Gasteiger partial charge in [0.05, 0.1) is 17.6 Å². The number of aryl methyl sites for hydroxylation is 1. The zero-order chi connectivity index (χ0) is 19.6. The molecule has 27 heavy (non-hydrogen) atoms. The lowest BCUT2D eigenvalue weighted by molar-refractivity contribution is -0.384. The molecule has 0 amide bonds. The quantitative estimate of drug-likeness (QED) is 0.315. The number of anilines is 2. The summed E-state index contributed by atoms with van der Waals surface area (Å²) in [5, 5.41) is 17.8. The average Bonchev–Trinajstić information content (AvgIpc) is 3.00. The summed E-state index contributed by atoms with van der Waals surface area (Å²) in [5.41, 5.74) is 1.74. The number of fused-ring (bicyclic) bond motifs is 1. The van der Waals surface area contributed by atoms with Crippen LogP contribution >= 0.6 is 35.2 Å². The number of methoxy groups -OCH3 is 1. The van der Waals surface area contributed by atoms with Crippen LogP contribution in [-0.4, -0.2) is 23.1 Å². The predicted octanol–water partition coefficient (Wildman–Crippen LogP) is 4.78. The number of nitro benzene ring substituents is 1. The lowest BCUT2D eigenvalue weighted by Gasteiger charge is -2.12. The Hall–Kier alpha value is -2.23. The van der Waals surface area contributed by atoms with Gasteiger partial charge >= 0.3 is 5.97 Å². The number of hydrogen-bond acceptors (Lipinski definition) is 6. The Bertz CT molecular complexity index is 929. The van der Waals surface area contributed by atoms with Crippen LogP contribution in [0.5, 0.6) is 0 Å². The van der Waals surface area contributed by atoms with Crippen LogP contribution < -0.4 is 10.6 Å². The molecule has 0 radical (unpaired) electrons. The molecule has 7 nitrogen and oxygen atoms in total. The molecular weight excluding hydrogens is 410 g/mol. The van der Waals surface area contributed by atoms with E-state index in [0.717, 1.165) is 36.1 Å². The van der Waals surface area contributed by atoms with E-state index in [1.807, 2.05) is 0 Å². The van der Waals surface area contributed by atoms with Gasteiger partial charge in [0.1, 0.15) is 10.0 Å². The maximum atomic E-state index is 12.3. The highest BCUT2D eigenvalue weighted by atomic mass is 35.5. The van der Waals surface area contributed by atoms with Crippen molar-refractivity contribution in [3.63, 3.8) is 0 Å². The van der Waals surface area contributed by atoms with Gasteiger partial charge in [0.2, 0.25) is 0 Å². The van der Waals surface area contributed by atoms with Gasteiger partial charge in [-0.2, -0.15) is 0 Å². The molecule has 0 aliphatic heterocycles. The van der Waals surface area contributed by atoms with Crippen molar-refractivity contribution in [1.29, 1.82) is 0 Å². The van der Waals surface area contributed by atoms with Crippen LogP contribution in [0.25, 0.3) is 0 Å². The number of nitrogens with one attached hydrogen (secondary N) is 2. The summed E-state index contributed by atoms with van der Waals surface area (Å²) >= 11 is 12.6. The Morgan fingerprint density at radius 2 is 2.07 bits per heavy atom. The lowest BCUT2D eigenvalue weighted by Crippen LogP contribution is -2.20. The van der Waals surface area contributed by atoms with E-state index in [2.05, 4.69) is 10.6 Å². The fourth-order valence-electron chi connectivity index (χ4n) is 2.97. The van der Waals surface area contributed by atoms with Crippen LogP contribution in [0.1, 0.15) is 33.6 Å². The molecule has 0 saturated carbocycles. The van der Waals surface area contributed by atoms with Crippen molar-refractivity contribution in [3.05, 3.63) is 49.3 Å². The van der Waals surface area contributed by atoms with Crippen LogP contribution in [0.3, 0.4) is 0 Å². The van der Waals surface area contributed by atoms with E-state index in [1.54, 1.807) is 6.07 Å². The molecule has 3 rings (SSSR count). The first-order valence-electron chi connectivity index (χ1n) is 8.15. The number of carbonyl (C=O) groups excluding carboxylic acids is 1. The zero-order valence-corrected chi connectivity index (χ0v) is 16.7. The van der Waals surface area contributed by atoms with E-state index in [0.29, 0.717) is 16.3 Å². The maximum absolute atomic E-state index is 12.3. The van der Waals surface area contributed by atoms with E-state index in [4.69, 9.17) is 28.6 Å². The summed E-state index contributed by atoms with van der Waals surface area (Å²) in [4.78, 5) is 23.9. The molecular formula is C17H16ClN3O4S2. The van der Waals surface area contributed by atoms with Crippen LogP contribution in [0.4, 0.5) is 16.4 Å². The Morgan fingerprint density at radius 1 is 1.33 bits per heavy atom. The second-order valence-electron chi connectivity index (χ2n) is 5.91. The number of rotatable bonds is 4. The Kier molecular flexibility index (Phi) is 5.93. The van der Waals surface area contributed by atoms with E-state index in [-0.39, 0.29) is 15.8 Å². The molecule has 0 fully saturated rings. The molecule has 2 aromatic rings. The van der Waals surface area contributed by atoms with Gasteiger partial charge in [-0.05, 0) is 55.6 Å². The number of benzene rings is 1. The smallest absolute Gasteiger partial charge is 0.341 e. The molecule has 2 N–H and O–H groups in total. The number of carbonyl (C=O) groups is 1. The van der Waals surface area contributed by atoms with Gasteiger partial charge in [-0.1, -0.05) is 11.6 Å². The number of nitro groups is 1. The van der Waals surface area contributed by atoms with E-state index >= 15 is 0 Å². The Balaban J connectivity index is 1.82. The fourth-order valence-corrected chi connectivity index (χ4v) is 4.72. The van der Waals surface area contributed by atoms with Gasteiger partial charge in [-0.25, -0.2) is 4.79 Å². The summed E-state index contributed by atoms with van der Waals surface area (Å²) in [6.45, 7) is 0. The SMILES string of the molecule is COC(=O)c1c(NC(=S)Nc2ccc(Cl)c([N+](=O)[O-])c2)sc2c1CCCC2. The van der Waals surface area contributed by atoms with Crippen LogP contribution in [0, 0.1) is 10.1 Å². The molecule has 1 aromatic heterocycles. The Labute approximate surface area is 169 Å². The van der Waals surface area contributed by atoms with Crippen molar-refractivity contribution < 1.29 is 14.5 Å². The second kappa shape index (κ2) is 8.20. The molecule has 0 saturated heterocycles. The highest BCUT2D eigenvalue weighted by molar-refractivity contribution is 7.80.